The highest BCUT2D eigenvalue weighted by atomic mass is 16.5. The van der Waals surface area contributed by atoms with Crippen molar-refractivity contribution in [3.05, 3.63) is 59.0 Å². The van der Waals surface area contributed by atoms with Crippen LogP contribution in [0.2, 0.25) is 0 Å². The van der Waals surface area contributed by atoms with Gasteiger partial charge >= 0.3 is 0 Å². The zero-order chi connectivity index (χ0) is 18.0. The Morgan fingerprint density at radius 1 is 1.28 bits per heavy atom. The van der Waals surface area contributed by atoms with Crippen LogP contribution in [0.5, 0.6) is 0 Å². The molecule has 3 rings (SSSR count). The number of carbonyl (C=O) groups is 1. The Hall–Kier alpha value is -2.89. The van der Waals surface area contributed by atoms with Gasteiger partial charge in [0, 0.05) is 29.9 Å². The first-order valence-corrected chi connectivity index (χ1v) is 8.36. The maximum absolute atomic E-state index is 12.5. The van der Waals surface area contributed by atoms with Crippen molar-refractivity contribution in [1.29, 1.82) is 0 Å². The molecule has 1 atom stereocenters. The lowest BCUT2D eigenvalue weighted by atomic mass is 10.1. The van der Waals surface area contributed by atoms with E-state index < -0.39 is 0 Å². The lowest BCUT2D eigenvalue weighted by Crippen LogP contribution is -2.27. The van der Waals surface area contributed by atoms with Crippen LogP contribution in [-0.4, -0.2) is 20.8 Å². The fourth-order valence-corrected chi connectivity index (χ4v) is 2.70. The molecule has 0 aliphatic heterocycles. The first kappa shape index (κ1) is 17.0. The molecular weight excluding hydrogens is 316 g/mol. The molecule has 1 amide bonds. The predicted molar refractivity (Wildman–Crippen MR) is 95.2 cm³/mol. The summed E-state index contributed by atoms with van der Waals surface area (Å²) < 4.78 is 7.18. The van der Waals surface area contributed by atoms with E-state index in [1.54, 1.807) is 6.07 Å². The van der Waals surface area contributed by atoms with Gasteiger partial charge in [-0.2, -0.15) is 5.10 Å². The van der Waals surface area contributed by atoms with Gasteiger partial charge in [-0.1, -0.05) is 35.0 Å². The van der Waals surface area contributed by atoms with Gasteiger partial charge in [-0.05, 0) is 27.7 Å². The van der Waals surface area contributed by atoms with Crippen molar-refractivity contribution in [3.63, 3.8) is 0 Å². The van der Waals surface area contributed by atoms with Crippen LogP contribution in [0.25, 0.3) is 11.3 Å². The molecule has 0 aliphatic carbocycles. The highest BCUT2D eigenvalue weighted by Crippen LogP contribution is 2.22. The summed E-state index contributed by atoms with van der Waals surface area (Å²) in [7, 11) is 0. The quantitative estimate of drug-likeness (QED) is 0.770. The summed E-state index contributed by atoms with van der Waals surface area (Å²) in [6, 6.07) is 9.38. The van der Waals surface area contributed by atoms with E-state index in [9.17, 15) is 4.79 Å². The van der Waals surface area contributed by atoms with Gasteiger partial charge in [-0.25, -0.2) is 0 Å². The van der Waals surface area contributed by atoms with Crippen molar-refractivity contribution in [2.24, 2.45) is 0 Å². The van der Waals surface area contributed by atoms with Crippen LogP contribution in [0.3, 0.4) is 0 Å². The molecule has 0 saturated carbocycles. The third-order valence-electron chi connectivity index (χ3n) is 4.20. The Kier molecular flexibility index (Phi) is 4.70. The molecule has 0 saturated heterocycles. The number of rotatable bonds is 5. The molecule has 0 aliphatic rings. The zero-order valence-corrected chi connectivity index (χ0v) is 14.9. The van der Waals surface area contributed by atoms with Gasteiger partial charge in [0.05, 0.1) is 11.7 Å². The molecule has 3 aromatic rings. The largest absolute Gasteiger partial charge is 0.355 e. The van der Waals surface area contributed by atoms with E-state index in [-0.39, 0.29) is 17.6 Å². The SMILES string of the molecule is CCn1cc([C@H](C)NC(=O)c2cc(-c3ccc(C)cc3)on2)c(C)n1. The topological polar surface area (TPSA) is 73.0 Å². The predicted octanol–water partition coefficient (Wildman–Crippen LogP) is 3.67. The average molecular weight is 338 g/mol. The van der Waals surface area contributed by atoms with Gasteiger partial charge in [0.1, 0.15) is 0 Å². The Morgan fingerprint density at radius 3 is 2.64 bits per heavy atom. The number of nitrogens with zero attached hydrogens (tertiary/aromatic N) is 3. The molecule has 2 heterocycles. The lowest BCUT2D eigenvalue weighted by Gasteiger charge is -2.11. The molecule has 0 unspecified atom stereocenters. The number of carbonyl (C=O) groups excluding carboxylic acids is 1. The van der Waals surface area contributed by atoms with Gasteiger partial charge in [0.25, 0.3) is 5.91 Å². The molecule has 0 radical (unpaired) electrons. The van der Waals surface area contributed by atoms with E-state index in [2.05, 4.69) is 15.6 Å². The number of aromatic nitrogens is 3. The molecule has 130 valence electrons. The van der Waals surface area contributed by atoms with Crippen LogP contribution >= 0.6 is 0 Å². The molecule has 0 spiro atoms. The Labute approximate surface area is 146 Å². The number of benzene rings is 1. The molecule has 1 aromatic carbocycles. The minimum absolute atomic E-state index is 0.160. The van der Waals surface area contributed by atoms with Crippen molar-refractivity contribution in [1.82, 2.24) is 20.3 Å². The summed E-state index contributed by atoms with van der Waals surface area (Å²) in [5.74, 6) is 0.311. The van der Waals surface area contributed by atoms with Gasteiger partial charge in [0.2, 0.25) is 0 Å². The maximum atomic E-state index is 12.5. The standard InChI is InChI=1S/C19H22N4O2/c1-5-23-11-16(14(4)21-23)13(3)20-19(24)17-10-18(25-22-17)15-8-6-12(2)7-9-15/h6-11,13H,5H2,1-4H3,(H,20,24)/t13-/m0/s1. The van der Waals surface area contributed by atoms with Gasteiger partial charge in [-0.3, -0.25) is 9.48 Å². The Bertz CT molecular complexity index is 877. The molecule has 0 bridgehead atoms. The monoisotopic (exact) mass is 338 g/mol. The Balaban J connectivity index is 1.73. The molecule has 2 aromatic heterocycles. The summed E-state index contributed by atoms with van der Waals surface area (Å²) in [5.41, 5.74) is 4.24. The first-order valence-electron chi connectivity index (χ1n) is 8.36. The molecule has 6 heteroatoms. The third-order valence-corrected chi connectivity index (χ3v) is 4.20. The van der Waals surface area contributed by atoms with Crippen LogP contribution in [-0.2, 0) is 6.54 Å². The lowest BCUT2D eigenvalue weighted by molar-refractivity contribution is 0.0930. The van der Waals surface area contributed by atoms with E-state index >= 15 is 0 Å². The van der Waals surface area contributed by atoms with Crippen molar-refractivity contribution < 1.29 is 9.32 Å². The highest BCUT2D eigenvalue weighted by molar-refractivity contribution is 5.93. The smallest absolute Gasteiger partial charge is 0.273 e. The maximum Gasteiger partial charge on any atom is 0.273 e. The molecule has 25 heavy (non-hydrogen) atoms. The number of hydrogen-bond donors (Lipinski definition) is 1. The van der Waals surface area contributed by atoms with Crippen LogP contribution in [0.15, 0.2) is 41.1 Å². The zero-order valence-electron chi connectivity index (χ0n) is 14.9. The van der Waals surface area contributed by atoms with Crippen LogP contribution in [0.1, 0.15) is 47.2 Å². The van der Waals surface area contributed by atoms with Gasteiger partial charge in [0.15, 0.2) is 11.5 Å². The number of aryl methyl sites for hydroxylation is 3. The number of amides is 1. The molecule has 1 N–H and O–H groups in total. The molecule has 6 nitrogen and oxygen atoms in total. The summed E-state index contributed by atoms with van der Waals surface area (Å²) >= 11 is 0. The van der Waals surface area contributed by atoms with Crippen LogP contribution in [0, 0.1) is 13.8 Å². The normalized spacial score (nSPS) is 12.2. The minimum Gasteiger partial charge on any atom is -0.355 e. The average Bonchev–Trinajstić information content (AvgIpc) is 3.22. The fraction of sp³-hybridized carbons (Fsp3) is 0.316. The number of nitrogens with one attached hydrogen (secondary N) is 1. The van der Waals surface area contributed by atoms with Crippen molar-refractivity contribution in [2.45, 2.75) is 40.3 Å². The second-order valence-electron chi connectivity index (χ2n) is 6.16. The summed E-state index contributed by atoms with van der Waals surface area (Å²) in [6.07, 6.45) is 1.96. The highest BCUT2D eigenvalue weighted by Gasteiger charge is 2.19. The molecular formula is C19H22N4O2. The van der Waals surface area contributed by atoms with Crippen molar-refractivity contribution >= 4 is 5.91 Å². The minimum atomic E-state index is -0.265. The first-order chi connectivity index (χ1) is 12.0. The third kappa shape index (κ3) is 3.63. The molecule has 0 fully saturated rings. The van der Waals surface area contributed by atoms with Gasteiger partial charge < -0.3 is 9.84 Å². The van der Waals surface area contributed by atoms with Crippen LogP contribution < -0.4 is 5.32 Å². The van der Waals surface area contributed by atoms with E-state index in [1.165, 1.54) is 0 Å². The van der Waals surface area contributed by atoms with E-state index in [0.717, 1.165) is 28.9 Å². The van der Waals surface area contributed by atoms with E-state index in [4.69, 9.17) is 4.52 Å². The van der Waals surface area contributed by atoms with Crippen LogP contribution in [0.4, 0.5) is 0 Å². The van der Waals surface area contributed by atoms with Crippen molar-refractivity contribution in [2.75, 3.05) is 0 Å². The summed E-state index contributed by atoms with van der Waals surface area (Å²) in [5, 5.41) is 11.3. The second-order valence-corrected chi connectivity index (χ2v) is 6.16. The van der Waals surface area contributed by atoms with E-state index in [0.29, 0.717) is 5.76 Å². The summed E-state index contributed by atoms with van der Waals surface area (Å²) in [4.78, 5) is 12.5. The van der Waals surface area contributed by atoms with Crippen molar-refractivity contribution in [3.8, 4) is 11.3 Å². The van der Waals surface area contributed by atoms with E-state index in [1.807, 2.05) is 62.8 Å². The summed E-state index contributed by atoms with van der Waals surface area (Å²) in [6.45, 7) is 8.72. The second kappa shape index (κ2) is 6.93. The fourth-order valence-electron chi connectivity index (χ4n) is 2.70. The van der Waals surface area contributed by atoms with Gasteiger partial charge in [-0.15, -0.1) is 0 Å². The number of hydrogen-bond acceptors (Lipinski definition) is 4. The Morgan fingerprint density at radius 2 is 2.00 bits per heavy atom.